The van der Waals surface area contributed by atoms with Crippen molar-refractivity contribution in [3.63, 3.8) is 0 Å². The second-order valence-corrected chi connectivity index (χ2v) is 9.22. The van der Waals surface area contributed by atoms with Crippen molar-refractivity contribution < 1.29 is 9.53 Å². The quantitative estimate of drug-likeness (QED) is 0.515. The van der Waals surface area contributed by atoms with Crippen LogP contribution in [0.2, 0.25) is 0 Å². The second kappa shape index (κ2) is 7.55. The number of ether oxygens (including phenoxy) is 1. The van der Waals surface area contributed by atoms with Crippen molar-refractivity contribution in [3.05, 3.63) is 76.9 Å². The highest BCUT2D eigenvalue weighted by molar-refractivity contribution is 6.00. The molecule has 0 atom stereocenters. The summed E-state index contributed by atoms with van der Waals surface area (Å²) >= 11 is 0. The fraction of sp³-hybridized carbons (Fsp3) is 0.321. The van der Waals surface area contributed by atoms with Gasteiger partial charge in [-0.15, -0.1) is 0 Å². The molecule has 0 unspecified atom stereocenters. The third-order valence-corrected chi connectivity index (χ3v) is 7.06. The number of anilines is 3. The molecule has 5 rings (SSSR count). The normalized spacial score (nSPS) is 14.5. The summed E-state index contributed by atoms with van der Waals surface area (Å²) in [6.07, 6.45) is 0. The molecule has 33 heavy (non-hydrogen) atoms. The summed E-state index contributed by atoms with van der Waals surface area (Å²) in [6.45, 7) is 6.04. The molecule has 3 aromatic carbocycles. The number of benzene rings is 3. The molecular formula is C28H31N3O2. The highest BCUT2D eigenvalue weighted by Crippen LogP contribution is 2.58. The minimum atomic E-state index is -0.908. The molecule has 0 N–H and O–H groups in total. The Morgan fingerprint density at radius 3 is 1.55 bits per heavy atom. The molecule has 5 heteroatoms. The van der Waals surface area contributed by atoms with E-state index in [2.05, 4.69) is 77.1 Å². The van der Waals surface area contributed by atoms with Crippen molar-refractivity contribution in [1.82, 2.24) is 0 Å². The Morgan fingerprint density at radius 1 is 0.667 bits per heavy atom. The SMILES string of the molecule is CCN(CC)c1ccc2c(c1)C(=O)OC21c2ccc(N(C)C)cc2-c2cc(N(C)C)ccc21. The first-order chi connectivity index (χ1) is 15.8. The fourth-order valence-corrected chi connectivity index (χ4v) is 5.27. The highest BCUT2D eigenvalue weighted by Gasteiger charge is 2.54. The molecule has 1 aliphatic carbocycles. The van der Waals surface area contributed by atoms with Gasteiger partial charge >= 0.3 is 5.97 Å². The van der Waals surface area contributed by atoms with Crippen molar-refractivity contribution >= 4 is 23.0 Å². The predicted octanol–water partition coefficient (Wildman–Crippen LogP) is 5.11. The summed E-state index contributed by atoms with van der Waals surface area (Å²) in [6, 6.07) is 19.1. The van der Waals surface area contributed by atoms with E-state index in [1.807, 2.05) is 34.3 Å². The smallest absolute Gasteiger partial charge is 0.340 e. The fourth-order valence-electron chi connectivity index (χ4n) is 5.27. The molecule has 0 saturated carbocycles. The molecule has 1 spiro atoms. The Balaban J connectivity index is 1.78. The van der Waals surface area contributed by atoms with E-state index >= 15 is 0 Å². The van der Waals surface area contributed by atoms with Crippen molar-refractivity contribution in [2.45, 2.75) is 19.4 Å². The second-order valence-electron chi connectivity index (χ2n) is 9.22. The lowest BCUT2D eigenvalue weighted by Crippen LogP contribution is -2.27. The minimum Gasteiger partial charge on any atom is -0.441 e. The molecule has 3 aromatic rings. The van der Waals surface area contributed by atoms with Crippen LogP contribution in [0.5, 0.6) is 0 Å². The number of hydrogen-bond acceptors (Lipinski definition) is 5. The Kier molecular flexibility index (Phi) is 4.89. The average molecular weight is 442 g/mol. The largest absolute Gasteiger partial charge is 0.441 e. The zero-order chi connectivity index (χ0) is 23.5. The third-order valence-electron chi connectivity index (χ3n) is 7.06. The van der Waals surface area contributed by atoms with Gasteiger partial charge in [-0.2, -0.15) is 0 Å². The Bertz CT molecular complexity index is 1200. The van der Waals surface area contributed by atoms with E-state index in [1.54, 1.807) is 0 Å². The van der Waals surface area contributed by atoms with Crippen molar-refractivity contribution in [3.8, 4) is 11.1 Å². The monoisotopic (exact) mass is 441 g/mol. The number of carbonyl (C=O) groups excluding carboxylic acids is 1. The van der Waals surface area contributed by atoms with Crippen LogP contribution in [0.4, 0.5) is 17.1 Å². The zero-order valence-corrected chi connectivity index (χ0v) is 20.3. The van der Waals surface area contributed by atoms with Crippen LogP contribution < -0.4 is 14.7 Å². The Hall–Kier alpha value is -3.47. The Morgan fingerprint density at radius 2 is 1.09 bits per heavy atom. The number of rotatable bonds is 5. The van der Waals surface area contributed by atoms with Crippen LogP contribution in [0.3, 0.4) is 0 Å². The molecule has 1 aliphatic heterocycles. The van der Waals surface area contributed by atoms with E-state index in [0.717, 1.165) is 58.0 Å². The van der Waals surface area contributed by atoms with E-state index in [0.29, 0.717) is 5.56 Å². The molecule has 0 bridgehead atoms. The van der Waals surface area contributed by atoms with Crippen LogP contribution in [0.1, 0.15) is 40.9 Å². The van der Waals surface area contributed by atoms with Crippen LogP contribution in [0, 0.1) is 0 Å². The Labute approximate surface area is 196 Å². The molecule has 2 aliphatic rings. The van der Waals surface area contributed by atoms with Gasteiger partial charge in [0.15, 0.2) is 5.60 Å². The van der Waals surface area contributed by atoms with E-state index in [4.69, 9.17) is 4.74 Å². The van der Waals surface area contributed by atoms with Gasteiger partial charge in [0.2, 0.25) is 0 Å². The average Bonchev–Trinajstić information content (AvgIpc) is 3.26. The van der Waals surface area contributed by atoms with Gasteiger partial charge in [0.1, 0.15) is 0 Å². The summed E-state index contributed by atoms with van der Waals surface area (Å²) in [5.41, 5.74) is 8.27. The van der Waals surface area contributed by atoms with Crippen LogP contribution in [-0.2, 0) is 10.3 Å². The van der Waals surface area contributed by atoms with Crippen molar-refractivity contribution in [1.29, 1.82) is 0 Å². The molecule has 0 radical (unpaired) electrons. The van der Waals surface area contributed by atoms with Crippen LogP contribution >= 0.6 is 0 Å². The summed E-state index contributed by atoms with van der Waals surface area (Å²) in [5, 5.41) is 0. The van der Waals surface area contributed by atoms with Crippen LogP contribution in [-0.4, -0.2) is 47.2 Å². The molecule has 1 heterocycles. The standard InChI is InChI=1S/C28H31N3O2/c1-7-31(8-2)20-11-14-26-23(17-20)27(32)33-28(26)24-12-9-18(29(3)4)15-21(24)22-16-19(30(5)6)10-13-25(22)28/h9-17H,7-8H2,1-6H3. The first kappa shape index (κ1) is 21.4. The van der Waals surface area contributed by atoms with Gasteiger partial charge in [-0.3, -0.25) is 0 Å². The molecule has 0 saturated heterocycles. The molecule has 0 amide bonds. The van der Waals surface area contributed by atoms with Gasteiger partial charge in [0.25, 0.3) is 0 Å². The predicted molar refractivity (Wildman–Crippen MR) is 136 cm³/mol. The number of fused-ring (bicyclic) bond motifs is 7. The van der Waals surface area contributed by atoms with Gasteiger partial charge in [-0.05, 0) is 61.4 Å². The molecule has 0 fully saturated rings. The molecule has 0 aromatic heterocycles. The van der Waals surface area contributed by atoms with Crippen LogP contribution in [0.15, 0.2) is 54.6 Å². The van der Waals surface area contributed by atoms with Crippen molar-refractivity contribution in [2.75, 3.05) is 56.0 Å². The van der Waals surface area contributed by atoms with Gasteiger partial charge < -0.3 is 19.4 Å². The van der Waals surface area contributed by atoms with Gasteiger partial charge in [-0.1, -0.05) is 18.2 Å². The molecule has 5 nitrogen and oxygen atoms in total. The lowest BCUT2D eigenvalue weighted by atomic mass is 9.83. The highest BCUT2D eigenvalue weighted by atomic mass is 16.6. The first-order valence-corrected chi connectivity index (χ1v) is 11.6. The molecule has 170 valence electrons. The maximum atomic E-state index is 13.3. The lowest BCUT2D eigenvalue weighted by molar-refractivity contribution is 0.0264. The van der Waals surface area contributed by atoms with E-state index in [1.165, 1.54) is 0 Å². The maximum Gasteiger partial charge on any atom is 0.340 e. The minimum absolute atomic E-state index is 0.258. The van der Waals surface area contributed by atoms with Crippen molar-refractivity contribution in [2.24, 2.45) is 0 Å². The number of esters is 1. The van der Waals surface area contributed by atoms with Gasteiger partial charge in [0, 0.05) is 75.0 Å². The summed E-state index contributed by atoms with van der Waals surface area (Å²) in [5.74, 6) is -0.258. The van der Waals surface area contributed by atoms with Crippen LogP contribution in [0.25, 0.3) is 11.1 Å². The summed E-state index contributed by atoms with van der Waals surface area (Å²) < 4.78 is 6.35. The number of nitrogens with zero attached hydrogens (tertiary/aromatic N) is 3. The lowest BCUT2D eigenvalue weighted by Gasteiger charge is -2.28. The molecular weight excluding hydrogens is 410 g/mol. The summed E-state index contributed by atoms with van der Waals surface area (Å²) in [4.78, 5) is 19.7. The first-order valence-electron chi connectivity index (χ1n) is 11.6. The number of hydrogen-bond donors (Lipinski definition) is 0. The van der Waals surface area contributed by atoms with E-state index in [-0.39, 0.29) is 5.97 Å². The topological polar surface area (TPSA) is 36.0 Å². The maximum absolute atomic E-state index is 13.3. The summed E-state index contributed by atoms with van der Waals surface area (Å²) in [7, 11) is 8.18. The van der Waals surface area contributed by atoms with Gasteiger partial charge in [0.05, 0.1) is 5.56 Å². The van der Waals surface area contributed by atoms with E-state index < -0.39 is 5.60 Å². The van der Waals surface area contributed by atoms with E-state index in [9.17, 15) is 4.79 Å². The number of carbonyl (C=O) groups is 1. The van der Waals surface area contributed by atoms with Gasteiger partial charge in [-0.25, -0.2) is 4.79 Å². The third kappa shape index (κ3) is 2.95. The zero-order valence-electron chi connectivity index (χ0n) is 20.3.